The first kappa shape index (κ1) is 17.7. The van der Waals surface area contributed by atoms with Crippen molar-refractivity contribution in [1.82, 2.24) is 5.32 Å². The standard InChI is InChI=1S/C19H23NO4/c1-3-11-23-16-7-9-17(10-8-16)24-14-19(21)20-13-15-5-4-6-18(12-15)22-2/h4-10,12H,3,11,13-14H2,1-2H3,(H,20,21). The van der Waals surface area contributed by atoms with Crippen LogP contribution < -0.4 is 19.5 Å². The summed E-state index contributed by atoms with van der Waals surface area (Å²) in [6.45, 7) is 3.15. The molecular weight excluding hydrogens is 306 g/mol. The number of nitrogens with one attached hydrogen (secondary N) is 1. The molecule has 0 aromatic heterocycles. The minimum Gasteiger partial charge on any atom is -0.497 e. The van der Waals surface area contributed by atoms with Gasteiger partial charge in [0.1, 0.15) is 17.2 Å². The van der Waals surface area contributed by atoms with E-state index in [1.807, 2.05) is 36.4 Å². The summed E-state index contributed by atoms with van der Waals surface area (Å²) in [4.78, 5) is 11.9. The van der Waals surface area contributed by atoms with Crippen molar-refractivity contribution in [3.05, 3.63) is 54.1 Å². The average molecular weight is 329 g/mol. The van der Waals surface area contributed by atoms with Crippen LogP contribution in [0.4, 0.5) is 0 Å². The highest BCUT2D eigenvalue weighted by molar-refractivity contribution is 5.77. The normalized spacial score (nSPS) is 10.1. The fourth-order valence-electron chi connectivity index (χ4n) is 2.03. The molecule has 0 radical (unpaired) electrons. The van der Waals surface area contributed by atoms with E-state index in [4.69, 9.17) is 14.2 Å². The van der Waals surface area contributed by atoms with Crippen LogP contribution in [-0.4, -0.2) is 26.2 Å². The maximum absolute atomic E-state index is 11.9. The molecule has 0 spiro atoms. The molecule has 0 fully saturated rings. The zero-order chi connectivity index (χ0) is 17.2. The van der Waals surface area contributed by atoms with E-state index < -0.39 is 0 Å². The van der Waals surface area contributed by atoms with Gasteiger partial charge in [-0.1, -0.05) is 19.1 Å². The Hall–Kier alpha value is -2.69. The molecule has 128 valence electrons. The predicted octanol–water partition coefficient (Wildman–Crippen LogP) is 3.18. The topological polar surface area (TPSA) is 56.8 Å². The molecule has 5 heteroatoms. The van der Waals surface area contributed by atoms with Gasteiger partial charge >= 0.3 is 0 Å². The first-order valence-electron chi connectivity index (χ1n) is 7.96. The van der Waals surface area contributed by atoms with Crippen LogP contribution in [-0.2, 0) is 11.3 Å². The Kier molecular flexibility index (Phi) is 6.95. The third kappa shape index (κ3) is 5.83. The summed E-state index contributed by atoms with van der Waals surface area (Å²) in [5, 5.41) is 2.82. The van der Waals surface area contributed by atoms with Crippen LogP contribution in [0.1, 0.15) is 18.9 Å². The minimum absolute atomic E-state index is 0.0286. The molecule has 24 heavy (non-hydrogen) atoms. The van der Waals surface area contributed by atoms with Gasteiger partial charge in [-0.05, 0) is 48.4 Å². The van der Waals surface area contributed by atoms with E-state index in [0.29, 0.717) is 18.9 Å². The minimum atomic E-state index is -0.177. The molecule has 5 nitrogen and oxygen atoms in total. The van der Waals surface area contributed by atoms with E-state index in [0.717, 1.165) is 23.5 Å². The van der Waals surface area contributed by atoms with Gasteiger partial charge in [-0.3, -0.25) is 4.79 Å². The van der Waals surface area contributed by atoms with E-state index in [-0.39, 0.29) is 12.5 Å². The van der Waals surface area contributed by atoms with Crippen LogP contribution >= 0.6 is 0 Å². The number of hydrogen-bond acceptors (Lipinski definition) is 4. The lowest BCUT2D eigenvalue weighted by Crippen LogP contribution is -2.28. The SMILES string of the molecule is CCCOc1ccc(OCC(=O)NCc2cccc(OC)c2)cc1. The summed E-state index contributed by atoms with van der Waals surface area (Å²) in [5.41, 5.74) is 0.972. The van der Waals surface area contributed by atoms with E-state index in [1.54, 1.807) is 19.2 Å². The Balaban J connectivity index is 1.74. The third-order valence-corrected chi connectivity index (χ3v) is 3.29. The second kappa shape index (κ2) is 9.45. The number of carbonyl (C=O) groups is 1. The zero-order valence-corrected chi connectivity index (χ0v) is 14.1. The molecule has 2 aromatic carbocycles. The molecular formula is C19H23NO4. The average Bonchev–Trinajstić information content (AvgIpc) is 2.64. The lowest BCUT2D eigenvalue weighted by atomic mass is 10.2. The molecule has 0 unspecified atom stereocenters. The van der Waals surface area contributed by atoms with E-state index in [2.05, 4.69) is 12.2 Å². The highest BCUT2D eigenvalue weighted by Gasteiger charge is 2.04. The van der Waals surface area contributed by atoms with Gasteiger partial charge in [-0.25, -0.2) is 0 Å². The molecule has 0 heterocycles. The number of ether oxygens (including phenoxy) is 3. The lowest BCUT2D eigenvalue weighted by Gasteiger charge is -2.09. The molecule has 2 aromatic rings. The van der Waals surface area contributed by atoms with Gasteiger partial charge in [0.25, 0.3) is 5.91 Å². The summed E-state index contributed by atoms with van der Waals surface area (Å²) in [5.74, 6) is 2.02. The van der Waals surface area contributed by atoms with Crippen molar-refractivity contribution in [1.29, 1.82) is 0 Å². The van der Waals surface area contributed by atoms with E-state index >= 15 is 0 Å². The molecule has 2 rings (SSSR count). The Bertz CT molecular complexity index is 640. The molecule has 0 bridgehead atoms. The van der Waals surface area contributed by atoms with Gasteiger partial charge in [-0.2, -0.15) is 0 Å². The number of methoxy groups -OCH3 is 1. The van der Waals surface area contributed by atoms with Gasteiger partial charge in [-0.15, -0.1) is 0 Å². The number of amides is 1. The Morgan fingerprint density at radius 3 is 2.38 bits per heavy atom. The molecule has 0 aliphatic rings. The molecule has 1 N–H and O–H groups in total. The van der Waals surface area contributed by atoms with Crippen molar-refractivity contribution in [3.63, 3.8) is 0 Å². The van der Waals surface area contributed by atoms with Crippen LogP contribution in [0.15, 0.2) is 48.5 Å². The number of carbonyl (C=O) groups excluding carboxylic acids is 1. The van der Waals surface area contributed by atoms with Crippen molar-refractivity contribution in [2.24, 2.45) is 0 Å². The van der Waals surface area contributed by atoms with Crippen molar-refractivity contribution in [3.8, 4) is 17.2 Å². The Morgan fingerprint density at radius 1 is 1.00 bits per heavy atom. The maximum Gasteiger partial charge on any atom is 0.258 e. The highest BCUT2D eigenvalue weighted by Crippen LogP contribution is 2.17. The summed E-state index contributed by atoms with van der Waals surface area (Å²) >= 11 is 0. The largest absolute Gasteiger partial charge is 0.497 e. The second-order valence-corrected chi connectivity index (χ2v) is 5.24. The maximum atomic E-state index is 11.9. The summed E-state index contributed by atoms with van der Waals surface area (Å²) < 4.78 is 16.1. The molecule has 1 amide bonds. The smallest absolute Gasteiger partial charge is 0.258 e. The zero-order valence-electron chi connectivity index (χ0n) is 14.1. The number of rotatable bonds is 9. The monoisotopic (exact) mass is 329 g/mol. The third-order valence-electron chi connectivity index (χ3n) is 3.29. The Morgan fingerprint density at radius 2 is 1.71 bits per heavy atom. The van der Waals surface area contributed by atoms with Crippen molar-refractivity contribution in [2.75, 3.05) is 20.3 Å². The summed E-state index contributed by atoms with van der Waals surface area (Å²) in [6, 6.07) is 14.8. The summed E-state index contributed by atoms with van der Waals surface area (Å²) in [6.07, 6.45) is 0.964. The number of hydrogen-bond donors (Lipinski definition) is 1. The van der Waals surface area contributed by atoms with Gasteiger partial charge < -0.3 is 19.5 Å². The molecule has 0 saturated heterocycles. The Labute approximate surface area is 142 Å². The van der Waals surface area contributed by atoms with E-state index in [9.17, 15) is 4.79 Å². The predicted molar refractivity (Wildman–Crippen MR) is 92.6 cm³/mol. The summed E-state index contributed by atoms with van der Waals surface area (Å²) in [7, 11) is 1.62. The molecule has 0 saturated carbocycles. The molecule has 0 aliphatic heterocycles. The van der Waals surface area contributed by atoms with Crippen molar-refractivity contribution >= 4 is 5.91 Å². The fraction of sp³-hybridized carbons (Fsp3) is 0.316. The van der Waals surface area contributed by atoms with Crippen LogP contribution in [0, 0.1) is 0 Å². The van der Waals surface area contributed by atoms with Crippen LogP contribution in [0.3, 0.4) is 0 Å². The van der Waals surface area contributed by atoms with Crippen LogP contribution in [0.25, 0.3) is 0 Å². The fourth-order valence-corrected chi connectivity index (χ4v) is 2.03. The molecule has 0 atom stereocenters. The molecule has 0 aliphatic carbocycles. The second-order valence-electron chi connectivity index (χ2n) is 5.24. The highest BCUT2D eigenvalue weighted by atomic mass is 16.5. The lowest BCUT2D eigenvalue weighted by molar-refractivity contribution is -0.123. The van der Waals surface area contributed by atoms with Crippen molar-refractivity contribution < 1.29 is 19.0 Å². The van der Waals surface area contributed by atoms with Gasteiger partial charge in [0, 0.05) is 6.54 Å². The quantitative estimate of drug-likeness (QED) is 0.768. The van der Waals surface area contributed by atoms with Crippen LogP contribution in [0.5, 0.6) is 17.2 Å². The van der Waals surface area contributed by atoms with Crippen LogP contribution in [0.2, 0.25) is 0 Å². The van der Waals surface area contributed by atoms with Crippen molar-refractivity contribution in [2.45, 2.75) is 19.9 Å². The van der Waals surface area contributed by atoms with Gasteiger partial charge in [0.15, 0.2) is 6.61 Å². The first-order valence-corrected chi connectivity index (χ1v) is 7.96. The number of benzene rings is 2. The van der Waals surface area contributed by atoms with Gasteiger partial charge in [0.2, 0.25) is 0 Å². The first-order chi connectivity index (χ1) is 11.7. The van der Waals surface area contributed by atoms with Gasteiger partial charge in [0.05, 0.1) is 13.7 Å². The van der Waals surface area contributed by atoms with E-state index in [1.165, 1.54) is 0 Å².